The molecule has 0 aliphatic rings. The molecule has 0 atom stereocenters. The molecule has 0 spiro atoms. The predicted octanol–water partition coefficient (Wildman–Crippen LogP) is 9.91. The summed E-state index contributed by atoms with van der Waals surface area (Å²) in [6, 6.07) is 18.4. The molecule has 0 unspecified atom stereocenters. The second kappa shape index (κ2) is 14.8. The minimum Gasteiger partial charge on any atom is -0.356 e. The molecule has 0 saturated carbocycles. The van der Waals surface area contributed by atoms with Crippen molar-refractivity contribution < 1.29 is 0 Å². The molecule has 5 heteroatoms. The van der Waals surface area contributed by atoms with Crippen molar-refractivity contribution in [1.82, 2.24) is 4.57 Å². The summed E-state index contributed by atoms with van der Waals surface area (Å²) in [6.45, 7) is 2.28. The average Bonchev–Trinajstić information content (AvgIpc) is 2.86. The number of hydrogen-bond acceptors (Lipinski definition) is 2. The molecule has 35 heavy (non-hydrogen) atoms. The van der Waals surface area contributed by atoms with Gasteiger partial charge in [0.2, 0.25) is 0 Å². The standard InChI is InChI=1S/C30H37I2NOS/c1-3-4-5-6-7-11-19-30(31,32)20-12-21-35-26-17-15-25(16-18-26)28-23-33(2)22-27(29(28)34)24-13-9-8-10-14-24/h8-10,13-18,22-23H,3-7,11-12,19-21H2,1-2H3. The lowest BCUT2D eigenvalue weighted by molar-refractivity contribution is 0.570. The van der Waals surface area contributed by atoms with Crippen LogP contribution in [0.15, 0.2) is 76.7 Å². The number of nitrogens with zero attached hydrogens (tertiary/aromatic N) is 1. The van der Waals surface area contributed by atoms with Crippen LogP contribution in [-0.2, 0) is 7.05 Å². The molecule has 0 N–H and O–H groups in total. The Labute approximate surface area is 243 Å². The Hall–Kier alpha value is -0.800. The molecular formula is C30H37I2NOS. The molecule has 2 nitrogen and oxygen atoms in total. The van der Waals surface area contributed by atoms with Crippen LogP contribution in [0.1, 0.15) is 64.7 Å². The van der Waals surface area contributed by atoms with E-state index in [1.54, 1.807) is 0 Å². The van der Waals surface area contributed by atoms with Gasteiger partial charge in [0.25, 0.3) is 0 Å². The van der Waals surface area contributed by atoms with Gasteiger partial charge in [-0.2, -0.15) is 0 Å². The van der Waals surface area contributed by atoms with Gasteiger partial charge >= 0.3 is 0 Å². The van der Waals surface area contributed by atoms with E-state index in [1.165, 1.54) is 62.7 Å². The molecule has 0 radical (unpaired) electrons. The summed E-state index contributed by atoms with van der Waals surface area (Å²) in [5.41, 5.74) is 3.51. The van der Waals surface area contributed by atoms with E-state index in [2.05, 4.69) is 76.4 Å². The smallest absolute Gasteiger partial charge is 0.197 e. The zero-order valence-electron chi connectivity index (χ0n) is 20.9. The van der Waals surface area contributed by atoms with Crippen molar-refractivity contribution in [2.24, 2.45) is 7.05 Å². The van der Waals surface area contributed by atoms with Crippen molar-refractivity contribution in [3.63, 3.8) is 0 Å². The van der Waals surface area contributed by atoms with Crippen LogP contribution in [-0.4, -0.2) is 11.7 Å². The van der Waals surface area contributed by atoms with Crippen LogP contribution in [0.3, 0.4) is 0 Å². The number of halogens is 2. The molecule has 0 amide bonds. The fourth-order valence-corrected chi connectivity index (χ4v) is 6.65. The van der Waals surface area contributed by atoms with E-state index in [4.69, 9.17) is 0 Å². The number of alkyl halides is 2. The fraction of sp³-hybridized carbons (Fsp3) is 0.433. The van der Waals surface area contributed by atoms with Gasteiger partial charge in [-0.15, -0.1) is 11.8 Å². The molecule has 0 aliphatic heterocycles. The zero-order valence-corrected chi connectivity index (χ0v) is 26.1. The van der Waals surface area contributed by atoms with Crippen molar-refractivity contribution in [2.75, 3.05) is 5.75 Å². The molecule has 2 aromatic carbocycles. The summed E-state index contributed by atoms with van der Waals surface area (Å²) in [4.78, 5) is 14.5. The summed E-state index contributed by atoms with van der Waals surface area (Å²) in [5, 5.41) is 0. The van der Waals surface area contributed by atoms with E-state index < -0.39 is 0 Å². The van der Waals surface area contributed by atoms with Gasteiger partial charge in [-0.25, -0.2) is 0 Å². The van der Waals surface area contributed by atoms with Gasteiger partial charge in [0.15, 0.2) is 5.43 Å². The number of aromatic nitrogens is 1. The topological polar surface area (TPSA) is 22.0 Å². The van der Waals surface area contributed by atoms with Gasteiger partial charge in [-0.1, -0.05) is 133 Å². The Kier molecular flexibility index (Phi) is 12.2. The zero-order chi connectivity index (χ0) is 25.1. The number of hydrogen-bond donors (Lipinski definition) is 0. The summed E-state index contributed by atoms with van der Waals surface area (Å²) >= 11 is 7.25. The lowest BCUT2D eigenvalue weighted by Gasteiger charge is -2.20. The highest BCUT2D eigenvalue weighted by Crippen LogP contribution is 2.39. The van der Waals surface area contributed by atoms with Crippen molar-refractivity contribution in [1.29, 1.82) is 0 Å². The van der Waals surface area contributed by atoms with Gasteiger partial charge in [-0.3, -0.25) is 4.79 Å². The summed E-state index contributed by atoms with van der Waals surface area (Å²) in [7, 11) is 1.98. The quantitative estimate of drug-likeness (QED) is 0.0719. The Morgan fingerprint density at radius 1 is 0.771 bits per heavy atom. The summed E-state index contributed by atoms with van der Waals surface area (Å²) < 4.78 is 2.36. The average molecular weight is 714 g/mol. The van der Waals surface area contributed by atoms with Crippen LogP contribution < -0.4 is 5.43 Å². The third-order valence-corrected chi connectivity index (χ3v) is 9.51. The Morgan fingerprint density at radius 2 is 1.34 bits per heavy atom. The van der Waals surface area contributed by atoms with Crippen LogP contribution in [0.2, 0.25) is 0 Å². The van der Waals surface area contributed by atoms with Crippen LogP contribution in [0.4, 0.5) is 0 Å². The number of pyridine rings is 1. The van der Waals surface area contributed by atoms with Crippen molar-refractivity contribution in [3.05, 3.63) is 77.2 Å². The molecule has 3 rings (SSSR count). The molecule has 1 heterocycles. The van der Waals surface area contributed by atoms with E-state index in [0.717, 1.165) is 28.0 Å². The maximum Gasteiger partial charge on any atom is 0.197 e. The van der Waals surface area contributed by atoms with Crippen LogP contribution >= 0.6 is 56.9 Å². The van der Waals surface area contributed by atoms with Crippen molar-refractivity contribution >= 4 is 56.9 Å². The second-order valence-corrected chi connectivity index (χ2v) is 16.7. The Morgan fingerprint density at radius 3 is 2.00 bits per heavy atom. The number of thioether (sulfide) groups is 1. The largest absolute Gasteiger partial charge is 0.356 e. The minimum absolute atomic E-state index is 0.0838. The van der Waals surface area contributed by atoms with E-state index in [9.17, 15) is 4.79 Å². The summed E-state index contributed by atoms with van der Waals surface area (Å²) in [5.74, 6) is 1.13. The first-order valence-corrected chi connectivity index (χ1v) is 15.9. The van der Waals surface area contributed by atoms with Gasteiger partial charge in [0, 0.05) is 35.5 Å². The van der Waals surface area contributed by atoms with E-state index in [0.29, 0.717) is 1.43 Å². The van der Waals surface area contributed by atoms with Crippen LogP contribution in [0.5, 0.6) is 0 Å². The second-order valence-electron chi connectivity index (χ2n) is 9.30. The first-order chi connectivity index (χ1) is 16.9. The fourth-order valence-electron chi connectivity index (χ4n) is 4.28. The number of benzene rings is 2. The molecule has 0 aliphatic carbocycles. The first-order valence-electron chi connectivity index (χ1n) is 12.8. The van der Waals surface area contributed by atoms with Crippen LogP contribution in [0.25, 0.3) is 22.3 Å². The van der Waals surface area contributed by atoms with Gasteiger partial charge in [0.05, 0.1) is 1.43 Å². The molecule has 0 bridgehead atoms. The number of rotatable bonds is 14. The van der Waals surface area contributed by atoms with Gasteiger partial charge < -0.3 is 4.57 Å². The Balaban J connectivity index is 1.51. The first kappa shape index (κ1) is 28.8. The van der Waals surface area contributed by atoms with Crippen LogP contribution in [0, 0.1) is 0 Å². The monoisotopic (exact) mass is 713 g/mol. The molecule has 0 fully saturated rings. The van der Waals surface area contributed by atoms with E-state index in [-0.39, 0.29) is 5.43 Å². The maximum atomic E-state index is 13.2. The van der Waals surface area contributed by atoms with Gasteiger partial charge in [0.1, 0.15) is 0 Å². The van der Waals surface area contributed by atoms with Crippen molar-refractivity contribution in [2.45, 2.75) is 71.0 Å². The third-order valence-electron chi connectivity index (χ3n) is 6.26. The highest BCUT2D eigenvalue weighted by Gasteiger charge is 2.21. The highest BCUT2D eigenvalue weighted by molar-refractivity contribution is 14.2. The molecular weight excluding hydrogens is 676 g/mol. The summed E-state index contributed by atoms with van der Waals surface area (Å²) in [6.07, 6.45) is 15.9. The SMILES string of the molecule is CCCCCCCCC(I)(I)CCCSc1ccc(-c2cn(C)cc(-c3ccccc3)c2=O)cc1. The Bertz CT molecular complexity index is 1090. The lowest BCUT2D eigenvalue weighted by atomic mass is 10.0. The highest BCUT2D eigenvalue weighted by atomic mass is 127. The predicted molar refractivity (Wildman–Crippen MR) is 171 cm³/mol. The molecule has 188 valence electrons. The van der Waals surface area contributed by atoms with Crippen molar-refractivity contribution in [3.8, 4) is 22.3 Å². The lowest BCUT2D eigenvalue weighted by Crippen LogP contribution is -2.11. The molecule has 0 saturated heterocycles. The van der Waals surface area contributed by atoms with E-state index >= 15 is 0 Å². The third kappa shape index (κ3) is 9.54. The normalized spacial score (nSPS) is 11.7. The van der Waals surface area contributed by atoms with E-state index in [1.807, 2.05) is 66.1 Å². The van der Waals surface area contributed by atoms with Gasteiger partial charge in [-0.05, 0) is 48.3 Å². The molecule has 3 aromatic rings. The molecule has 1 aromatic heterocycles. The number of aryl methyl sites for hydroxylation is 1. The number of unbranched alkanes of at least 4 members (excludes halogenated alkanes) is 5. The maximum absolute atomic E-state index is 13.2. The minimum atomic E-state index is 0.0838.